The molecule has 0 aromatic heterocycles. The molecular weight excluding hydrogens is 224 g/mol. The average Bonchev–Trinajstić information content (AvgIpc) is 2.89. The van der Waals surface area contributed by atoms with Crippen LogP contribution in [0.1, 0.15) is 36.5 Å². The summed E-state index contributed by atoms with van der Waals surface area (Å²) in [5, 5.41) is 3.51. The van der Waals surface area contributed by atoms with Gasteiger partial charge in [-0.3, -0.25) is 4.79 Å². The maximum absolute atomic E-state index is 11.4. The minimum absolute atomic E-state index is 0.128. The largest absolute Gasteiger partial charge is 0.375 e. The summed E-state index contributed by atoms with van der Waals surface area (Å²) in [4.78, 5) is 13.6. The predicted octanol–water partition coefficient (Wildman–Crippen LogP) is 2.47. The minimum atomic E-state index is 0.128. The van der Waals surface area contributed by atoms with E-state index in [4.69, 9.17) is 0 Å². The van der Waals surface area contributed by atoms with Gasteiger partial charge >= 0.3 is 0 Å². The number of rotatable bonds is 5. The number of anilines is 1. The van der Waals surface area contributed by atoms with E-state index < -0.39 is 0 Å². The molecule has 1 atom stereocenters. The van der Waals surface area contributed by atoms with E-state index in [2.05, 4.69) is 23.3 Å². The number of hydrogen-bond acceptors (Lipinski definition) is 3. The third-order valence-electron chi connectivity index (χ3n) is 3.67. The van der Waals surface area contributed by atoms with Gasteiger partial charge in [-0.2, -0.15) is 0 Å². The molecule has 1 aliphatic rings. The molecule has 1 aromatic carbocycles. The molecule has 3 heteroatoms. The van der Waals surface area contributed by atoms with Crippen molar-refractivity contribution in [3.8, 4) is 0 Å². The molecular formula is C15H22N2O. The number of Topliss-reactive ketones (excluding diaryl/α,β-unsaturated/α-hetero) is 1. The molecule has 0 radical (unpaired) electrons. The highest BCUT2D eigenvalue weighted by Gasteiger charge is 2.14. The number of hydrogen-bond donors (Lipinski definition) is 1. The second-order valence-corrected chi connectivity index (χ2v) is 5.11. The first-order chi connectivity index (χ1) is 8.66. The lowest BCUT2D eigenvalue weighted by Crippen LogP contribution is -2.28. The van der Waals surface area contributed by atoms with Gasteiger partial charge in [0.15, 0.2) is 5.78 Å². The molecule has 98 valence electrons. The quantitative estimate of drug-likeness (QED) is 0.810. The maximum Gasteiger partial charge on any atom is 0.159 e. The Morgan fingerprint density at radius 2 is 2.33 bits per heavy atom. The van der Waals surface area contributed by atoms with E-state index in [1.807, 2.05) is 18.2 Å². The summed E-state index contributed by atoms with van der Waals surface area (Å²) >= 11 is 0. The molecule has 0 spiro atoms. The van der Waals surface area contributed by atoms with Crippen LogP contribution < -0.4 is 10.2 Å². The molecule has 0 saturated carbocycles. The maximum atomic E-state index is 11.4. The van der Waals surface area contributed by atoms with Crippen LogP contribution in [0.3, 0.4) is 0 Å². The zero-order chi connectivity index (χ0) is 13.0. The van der Waals surface area contributed by atoms with Crippen molar-refractivity contribution in [2.45, 2.75) is 32.2 Å². The lowest BCUT2D eigenvalue weighted by atomic mass is 10.1. The molecule has 1 fully saturated rings. The first kappa shape index (κ1) is 13.1. The highest BCUT2D eigenvalue weighted by atomic mass is 16.1. The number of carbonyl (C=O) groups excluding carboxylic acids is 1. The Kier molecular flexibility index (Phi) is 4.37. The number of nitrogens with one attached hydrogen (secondary N) is 1. The van der Waals surface area contributed by atoms with E-state index in [-0.39, 0.29) is 5.78 Å². The number of ketones is 1. The van der Waals surface area contributed by atoms with Crippen molar-refractivity contribution in [2.24, 2.45) is 0 Å². The van der Waals surface area contributed by atoms with Crippen molar-refractivity contribution >= 4 is 11.5 Å². The molecule has 1 unspecified atom stereocenters. The molecule has 0 amide bonds. The first-order valence-electron chi connectivity index (χ1n) is 6.72. The van der Waals surface area contributed by atoms with Crippen LogP contribution in [0.4, 0.5) is 5.69 Å². The van der Waals surface area contributed by atoms with E-state index in [9.17, 15) is 4.79 Å². The van der Waals surface area contributed by atoms with Crippen LogP contribution in [0.2, 0.25) is 0 Å². The second-order valence-electron chi connectivity index (χ2n) is 5.11. The topological polar surface area (TPSA) is 32.3 Å². The molecule has 1 heterocycles. The summed E-state index contributed by atoms with van der Waals surface area (Å²) in [5.74, 6) is 0.128. The fraction of sp³-hybridized carbons (Fsp3) is 0.533. The van der Waals surface area contributed by atoms with Crippen LogP contribution in [-0.4, -0.2) is 32.0 Å². The molecule has 1 aliphatic heterocycles. The highest BCUT2D eigenvalue weighted by molar-refractivity contribution is 5.94. The van der Waals surface area contributed by atoms with Crippen LogP contribution in [0.25, 0.3) is 0 Å². The number of benzene rings is 1. The van der Waals surface area contributed by atoms with Crippen LogP contribution in [0.15, 0.2) is 24.3 Å². The van der Waals surface area contributed by atoms with Crippen LogP contribution in [0, 0.1) is 0 Å². The Hall–Kier alpha value is -1.35. The summed E-state index contributed by atoms with van der Waals surface area (Å²) < 4.78 is 0. The SMILES string of the molecule is CC(=O)c1cccc(N(C)CCC2CCCN2)c1. The zero-order valence-corrected chi connectivity index (χ0v) is 11.3. The zero-order valence-electron chi connectivity index (χ0n) is 11.3. The monoisotopic (exact) mass is 246 g/mol. The Morgan fingerprint density at radius 1 is 1.50 bits per heavy atom. The molecule has 1 aromatic rings. The van der Waals surface area contributed by atoms with Crippen molar-refractivity contribution in [1.82, 2.24) is 5.32 Å². The Labute approximate surface area is 109 Å². The second kappa shape index (κ2) is 6.01. The van der Waals surface area contributed by atoms with Gasteiger partial charge in [0.1, 0.15) is 0 Å². The van der Waals surface area contributed by atoms with E-state index in [1.54, 1.807) is 6.92 Å². The van der Waals surface area contributed by atoms with Gasteiger partial charge in [0.05, 0.1) is 0 Å². The van der Waals surface area contributed by atoms with Gasteiger partial charge in [-0.15, -0.1) is 0 Å². The van der Waals surface area contributed by atoms with Gasteiger partial charge in [-0.25, -0.2) is 0 Å². The molecule has 3 nitrogen and oxygen atoms in total. The van der Waals surface area contributed by atoms with Crippen LogP contribution in [-0.2, 0) is 0 Å². The van der Waals surface area contributed by atoms with Crippen molar-refractivity contribution in [2.75, 3.05) is 25.0 Å². The van der Waals surface area contributed by atoms with Gasteiger partial charge < -0.3 is 10.2 Å². The highest BCUT2D eigenvalue weighted by Crippen LogP contribution is 2.17. The molecule has 2 rings (SSSR count). The molecule has 1 saturated heterocycles. The predicted molar refractivity (Wildman–Crippen MR) is 75.4 cm³/mol. The summed E-state index contributed by atoms with van der Waals surface area (Å²) in [6.07, 6.45) is 3.76. The van der Waals surface area contributed by atoms with Crippen LogP contribution >= 0.6 is 0 Å². The molecule has 0 bridgehead atoms. The van der Waals surface area contributed by atoms with E-state index in [1.165, 1.54) is 19.3 Å². The third-order valence-corrected chi connectivity index (χ3v) is 3.67. The van der Waals surface area contributed by atoms with Crippen molar-refractivity contribution in [3.63, 3.8) is 0 Å². The van der Waals surface area contributed by atoms with Gasteiger partial charge in [0.2, 0.25) is 0 Å². The first-order valence-corrected chi connectivity index (χ1v) is 6.72. The van der Waals surface area contributed by atoms with Gasteiger partial charge in [-0.1, -0.05) is 12.1 Å². The fourth-order valence-corrected chi connectivity index (χ4v) is 2.44. The molecule has 0 aliphatic carbocycles. The lowest BCUT2D eigenvalue weighted by molar-refractivity contribution is 0.101. The number of carbonyl (C=O) groups is 1. The Morgan fingerprint density at radius 3 is 3.00 bits per heavy atom. The Balaban J connectivity index is 1.93. The standard InChI is InChI=1S/C15H22N2O/c1-12(18)13-5-3-7-15(11-13)17(2)10-8-14-6-4-9-16-14/h3,5,7,11,14,16H,4,6,8-10H2,1-2H3. The van der Waals surface area contributed by atoms with Crippen molar-refractivity contribution < 1.29 is 4.79 Å². The van der Waals surface area contributed by atoms with Crippen molar-refractivity contribution in [1.29, 1.82) is 0 Å². The average molecular weight is 246 g/mol. The summed E-state index contributed by atoms with van der Waals surface area (Å²) in [7, 11) is 2.09. The number of nitrogens with zero attached hydrogens (tertiary/aromatic N) is 1. The smallest absolute Gasteiger partial charge is 0.159 e. The van der Waals surface area contributed by atoms with Gasteiger partial charge in [-0.05, 0) is 44.9 Å². The fourth-order valence-electron chi connectivity index (χ4n) is 2.44. The molecule has 1 N–H and O–H groups in total. The molecule has 18 heavy (non-hydrogen) atoms. The lowest BCUT2D eigenvalue weighted by Gasteiger charge is -2.21. The summed E-state index contributed by atoms with van der Waals surface area (Å²) in [6, 6.07) is 8.54. The van der Waals surface area contributed by atoms with Gasteiger partial charge in [0.25, 0.3) is 0 Å². The van der Waals surface area contributed by atoms with E-state index >= 15 is 0 Å². The van der Waals surface area contributed by atoms with E-state index in [0.29, 0.717) is 6.04 Å². The normalized spacial score (nSPS) is 18.9. The third kappa shape index (κ3) is 3.33. The van der Waals surface area contributed by atoms with Gasteiger partial charge in [0, 0.05) is 30.9 Å². The van der Waals surface area contributed by atoms with Crippen LogP contribution in [0.5, 0.6) is 0 Å². The van der Waals surface area contributed by atoms with E-state index in [0.717, 1.165) is 24.3 Å². The van der Waals surface area contributed by atoms with Crippen molar-refractivity contribution in [3.05, 3.63) is 29.8 Å². The Bertz CT molecular complexity index is 411. The summed E-state index contributed by atoms with van der Waals surface area (Å²) in [5.41, 5.74) is 1.92. The minimum Gasteiger partial charge on any atom is -0.375 e. The summed E-state index contributed by atoms with van der Waals surface area (Å²) in [6.45, 7) is 3.80.